The van der Waals surface area contributed by atoms with E-state index in [2.05, 4.69) is 10.4 Å². The summed E-state index contributed by atoms with van der Waals surface area (Å²) >= 11 is 0. The lowest BCUT2D eigenvalue weighted by atomic mass is 10.1. The highest BCUT2D eigenvalue weighted by atomic mass is 16.5. The summed E-state index contributed by atoms with van der Waals surface area (Å²) in [6.07, 6.45) is 2.42. The minimum Gasteiger partial charge on any atom is -0.489 e. The first-order valence-corrected chi connectivity index (χ1v) is 9.64. The topological polar surface area (TPSA) is 82.5 Å². The second-order valence-electron chi connectivity index (χ2n) is 7.07. The molecule has 28 heavy (non-hydrogen) atoms. The minimum absolute atomic E-state index is 0.0111. The third kappa shape index (κ3) is 4.78. The van der Waals surface area contributed by atoms with Crippen LogP contribution in [-0.4, -0.2) is 40.8 Å². The second-order valence-corrected chi connectivity index (χ2v) is 7.07. The number of nitrogens with zero attached hydrogens (tertiary/aromatic N) is 2. The SMILES string of the molecule is CC(=O)c1c(C)nn(CCC(=O)Nc2ccccc2OCC2CCCO2)c1C. The number of amides is 1. The van der Waals surface area contributed by atoms with Gasteiger partial charge in [0.2, 0.25) is 5.91 Å². The van der Waals surface area contributed by atoms with E-state index in [1.165, 1.54) is 6.92 Å². The maximum atomic E-state index is 12.4. The molecule has 7 nitrogen and oxygen atoms in total. The number of aromatic nitrogens is 2. The molecule has 150 valence electrons. The molecule has 1 aliphatic heterocycles. The van der Waals surface area contributed by atoms with Crippen LogP contribution in [0.4, 0.5) is 5.69 Å². The van der Waals surface area contributed by atoms with Crippen LogP contribution in [0.15, 0.2) is 24.3 Å². The van der Waals surface area contributed by atoms with E-state index in [0.29, 0.717) is 35.8 Å². The first-order chi connectivity index (χ1) is 13.5. The van der Waals surface area contributed by atoms with Crippen LogP contribution in [0.25, 0.3) is 0 Å². The quantitative estimate of drug-likeness (QED) is 0.705. The summed E-state index contributed by atoms with van der Waals surface area (Å²) in [5.74, 6) is 0.490. The van der Waals surface area contributed by atoms with Crippen molar-refractivity contribution < 1.29 is 19.1 Å². The van der Waals surface area contributed by atoms with Gasteiger partial charge in [-0.25, -0.2) is 0 Å². The summed E-state index contributed by atoms with van der Waals surface area (Å²) < 4.78 is 13.1. The zero-order valence-corrected chi connectivity index (χ0v) is 16.7. The van der Waals surface area contributed by atoms with Crippen molar-refractivity contribution in [2.24, 2.45) is 0 Å². The fraction of sp³-hybridized carbons (Fsp3) is 0.476. The lowest BCUT2D eigenvalue weighted by Crippen LogP contribution is -2.19. The van der Waals surface area contributed by atoms with Crippen LogP contribution in [0.3, 0.4) is 0 Å². The molecule has 0 saturated carbocycles. The second kappa shape index (κ2) is 9.01. The highest BCUT2D eigenvalue weighted by Gasteiger charge is 2.18. The van der Waals surface area contributed by atoms with E-state index in [4.69, 9.17) is 9.47 Å². The number of ketones is 1. The fourth-order valence-corrected chi connectivity index (χ4v) is 3.50. The number of para-hydroxylation sites is 2. The number of nitrogens with one attached hydrogen (secondary N) is 1. The smallest absolute Gasteiger partial charge is 0.226 e. The van der Waals surface area contributed by atoms with Crippen molar-refractivity contribution in [3.63, 3.8) is 0 Å². The van der Waals surface area contributed by atoms with Gasteiger partial charge in [0.15, 0.2) is 5.78 Å². The Kier molecular flexibility index (Phi) is 6.46. The number of anilines is 1. The minimum atomic E-state index is -0.134. The molecule has 0 spiro atoms. The van der Waals surface area contributed by atoms with Crippen molar-refractivity contribution in [1.82, 2.24) is 9.78 Å². The Morgan fingerprint density at radius 3 is 2.79 bits per heavy atom. The number of rotatable bonds is 8. The molecule has 1 unspecified atom stereocenters. The summed E-state index contributed by atoms with van der Waals surface area (Å²) in [5, 5.41) is 7.29. The first kappa shape index (κ1) is 20.1. The maximum Gasteiger partial charge on any atom is 0.226 e. The van der Waals surface area contributed by atoms with Crippen LogP contribution in [0.2, 0.25) is 0 Å². The van der Waals surface area contributed by atoms with Crippen molar-refractivity contribution in [3.8, 4) is 5.75 Å². The molecule has 1 N–H and O–H groups in total. The van der Waals surface area contributed by atoms with Gasteiger partial charge >= 0.3 is 0 Å². The van der Waals surface area contributed by atoms with Gasteiger partial charge < -0.3 is 14.8 Å². The molecule has 0 radical (unpaired) electrons. The number of Topliss-reactive ketones (excluding diaryl/α,β-unsaturated/α-hetero) is 1. The van der Waals surface area contributed by atoms with E-state index < -0.39 is 0 Å². The first-order valence-electron chi connectivity index (χ1n) is 9.64. The van der Waals surface area contributed by atoms with E-state index in [-0.39, 0.29) is 24.2 Å². The standard InChI is InChI=1S/C21H27N3O4/c1-14-21(16(3)25)15(2)24(23-14)11-10-20(26)22-18-8-4-5-9-19(18)28-13-17-7-6-12-27-17/h4-5,8-9,17H,6-7,10-13H2,1-3H3,(H,22,26). The highest BCUT2D eigenvalue weighted by molar-refractivity contribution is 5.96. The van der Waals surface area contributed by atoms with Gasteiger partial charge in [-0.2, -0.15) is 5.10 Å². The van der Waals surface area contributed by atoms with Crippen molar-refractivity contribution in [2.75, 3.05) is 18.5 Å². The van der Waals surface area contributed by atoms with Gasteiger partial charge in [0.05, 0.1) is 23.0 Å². The predicted molar refractivity (Wildman–Crippen MR) is 106 cm³/mol. The van der Waals surface area contributed by atoms with Crippen molar-refractivity contribution >= 4 is 17.4 Å². The lowest BCUT2D eigenvalue weighted by Gasteiger charge is -2.15. The Morgan fingerprint density at radius 2 is 2.11 bits per heavy atom. The molecule has 0 aliphatic carbocycles. The molecule has 3 rings (SSSR count). The monoisotopic (exact) mass is 385 g/mol. The zero-order chi connectivity index (χ0) is 20.1. The Hall–Kier alpha value is -2.67. The van der Waals surface area contributed by atoms with Crippen LogP contribution in [0.5, 0.6) is 5.75 Å². The van der Waals surface area contributed by atoms with Gasteiger partial charge in [-0.05, 0) is 45.7 Å². The molecule has 1 aromatic carbocycles. The van der Waals surface area contributed by atoms with Crippen LogP contribution >= 0.6 is 0 Å². The number of ether oxygens (including phenoxy) is 2. The molecule has 2 aromatic rings. The number of hydrogen-bond acceptors (Lipinski definition) is 5. The van der Waals surface area contributed by atoms with E-state index in [9.17, 15) is 9.59 Å². The Balaban J connectivity index is 1.58. The Morgan fingerprint density at radius 1 is 1.32 bits per heavy atom. The number of aryl methyl sites for hydroxylation is 2. The average molecular weight is 385 g/mol. The van der Waals surface area contributed by atoms with E-state index in [1.54, 1.807) is 4.68 Å². The highest BCUT2D eigenvalue weighted by Crippen LogP contribution is 2.25. The summed E-state index contributed by atoms with van der Waals surface area (Å²) in [4.78, 5) is 24.2. The van der Waals surface area contributed by atoms with Crippen LogP contribution in [0.1, 0.15) is 47.9 Å². The van der Waals surface area contributed by atoms with Crippen molar-refractivity contribution in [1.29, 1.82) is 0 Å². The van der Waals surface area contributed by atoms with E-state index in [0.717, 1.165) is 25.1 Å². The number of carbonyl (C=O) groups excluding carboxylic acids is 2. The predicted octanol–water partition coefficient (Wildman–Crippen LogP) is 3.29. The molecule has 1 fully saturated rings. The normalized spacial score (nSPS) is 16.2. The van der Waals surface area contributed by atoms with Gasteiger partial charge in [-0.1, -0.05) is 12.1 Å². The molecule has 7 heteroatoms. The third-order valence-corrected chi connectivity index (χ3v) is 4.89. The summed E-state index contributed by atoms with van der Waals surface area (Å²) in [5.41, 5.74) is 2.76. The van der Waals surface area contributed by atoms with Gasteiger partial charge in [0, 0.05) is 25.3 Å². The summed E-state index contributed by atoms with van der Waals surface area (Å²) in [7, 11) is 0. The third-order valence-electron chi connectivity index (χ3n) is 4.89. The molecule has 1 atom stereocenters. The molecule has 2 heterocycles. The average Bonchev–Trinajstić information content (AvgIpc) is 3.27. The van der Waals surface area contributed by atoms with E-state index >= 15 is 0 Å². The number of carbonyl (C=O) groups is 2. The van der Waals surface area contributed by atoms with Crippen LogP contribution < -0.4 is 10.1 Å². The largest absolute Gasteiger partial charge is 0.489 e. The molecule has 1 aliphatic rings. The molecule has 1 aromatic heterocycles. The maximum absolute atomic E-state index is 12.4. The van der Waals surface area contributed by atoms with Gasteiger partial charge in [0.1, 0.15) is 12.4 Å². The van der Waals surface area contributed by atoms with Crippen molar-refractivity contribution in [2.45, 2.75) is 52.7 Å². The summed E-state index contributed by atoms with van der Waals surface area (Å²) in [6.45, 7) is 6.85. The Bertz CT molecular complexity index is 853. The summed E-state index contributed by atoms with van der Waals surface area (Å²) in [6, 6.07) is 7.39. The Labute approximate surface area is 165 Å². The van der Waals surface area contributed by atoms with Crippen LogP contribution in [-0.2, 0) is 16.1 Å². The van der Waals surface area contributed by atoms with Gasteiger partial charge in [0.25, 0.3) is 0 Å². The number of benzene rings is 1. The number of hydrogen-bond donors (Lipinski definition) is 1. The van der Waals surface area contributed by atoms with E-state index in [1.807, 2.05) is 38.1 Å². The van der Waals surface area contributed by atoms with Gasteiger partial charge in [-0.3, -0.25) is 14.3 Å². The zero-order valence-electron chi connectivity index (χ0n) is 16.7. The molecular weight excluding hydrogens is 358 g/mol. The molecule has 1 saturated heterocycles. The lowest BCUT2D eigenvalue weighted by molar-refractivity contribution is -0.116. The molecule has 1 amide bonds. The fourth-order valence-electron chi connectivity index (χ4n) is 3.50. The van der Waals surface area contributed by atoms with Crippen LogP contribution in [0, 0.1) is 13.8 Å². The van der Waals surface area contributed by atoms with Crippen molar-refractivity contribution in [3.05, 3.63) is 41.2 Å². The molecule has 0 bridgehead atoms. The molecular formula is C21H27N3O4. The van der Waals surface area contributed by atoms with Gasteiger partial charge in [-0.15, -0.1) is 0 Å².